The summed E-state index contributed by atoms with van der Waals surface area (Å²) in [5.74, 6) is 0.354. The molecule has 3 rings (SSSR count). The maximum Gasteiger partial charge on any atom is 0.271 e. The van der Waals surface area contributed by atoms with Crippen molar-refractivity contribution >= 4 is 34.8 Å². The van der Waals surface area contributed by atoms with E-state index in [1.54, 1.807) is 43.3 Å². The molecule has 0 radical (unpaired) electrons. The van der Waals surface area contributed by atoms with Gasteiger partial charge in [0, 0.05) is 11.4 Å². The zero-order valence-corrected chi connectivity index (χ0v) is 15.3. The van der Waals surface area contributed by atoms with Crippen LogP contribution < -0.4 is 4.74 Å². The van der Waals surface area contributed by atoms with E-state index in [9.17, 15) is 4.79 Å². The lowest BCUT2D eigenvalue weighted by Crippen LogP contribution is -2.09. The van der Waals surface area contributed by atoms with Gasteiger partial charge in [-0.25, -0.2) is 4.85 Å². The summed E-state index contributed by atoms with van der Waals surface area (Å²) in [5, 5.41) is 8.42. The van der Waals surface area contributed by atoms with E-state index in [2.05, 4.69) is 15.1 Å². The van der Waals surface area contributed by atoms with E-state index in [0.29, 0.717) is 39.3 Å². The van der Waals surface area contributed by atoms with Crippen LogP contribution in [-0.2, 0) is 11.2 Å². The quantitative estimate of drug-likeness (QED) is 0.572. The first-order valence-corrected chi connectivity index (χ1v) is 8.51. The number of carbonyl (C=O) groups excluding carboxylic acids is 1. The van der Waals surface area contributed by atoms with Crippen molar-refractivity contribution in [1.29, 1.82) is 0 Å². The molecule has 1 atom stereocenters. The number of hydrogen-bond acceptors (Lipinski definition) is 3. The number of benzene rings is 2. The summed E-state index contributed by atoms with van der Waals surface area (Å²) >= 11 is 12.2. The molecule has 26 heavy (non-hydrogen) atoms. The standard InChI is InChI=1S/C19H13Cl2N3O2/c1-11-5-15(23-24-19(11)25)6-12-3-4-17(21)18(7-12)26-16-9-13(20)8-14(10-16)22-2/h3-5,7-11H,6H2,1H3. The van der Waals surface area contributed by atoms with E-state index in [1.165, 1.54) is 0 Å². The van der Waals surface area contributed by atoms with Crippen molar-refractivity contribution in [3.05, 3.63) is 75.2 Å². The average Bonchev–Trinajstić information content (AvgIpc) is 2.60. The van der Waals surface area contributed by atoms with Crippen LogP contribution in [0.4, 0.5) is 5.69 Å². The topological polar surface area (TPSA) is 55.4 Å². The molecule has 1 heterocycles. The third-order valence-electron chi connectivity index (χ3n) is 3.70. The number of halogens is 2. The van der Waals surface area contributed by atoms with Crippen molar-refractivity contribution in [3.8, 4) is 11.5 Å². The van der Waals surface area contributed by atoms with Crippen molar-refractivity contribution in [2.24, 2.45) is 16.1 Å². The summed E-state index contributed by atoms with van der Waals surface area (Å²) < 4.78 is 5.81. The summed E-state index contributed by atoms with van der Waals surface area (Å²) in [6.07, 6.45) is 2.29. The van der Waals surface area contributed by atoms with Gasteiger partial charge in [-0.15, -0.1) is 5.11 Å². The minimum absolute atomic E-state index is 0.245. The SMILES string of the molecule is [C-]#[N+]c1cc(Cl)cc(Oc2cc(CC3=CC(C)C(=O)N=N3)ccc2Cl)c1. The normalized spacial score (nSPS) is 16.2. The van der Waals surface area contributed by atoms with Crippen LogP contribution in [0.25, 0.3) is 4.85 Å². The van der Waals surface area contributed by atoms with Crippen LogP contribution in [-0.4, -0.2) is 5.91 Å². The summed E-state index contributed by atoms with van der Waals surface area (Å²) in [6.45, 7) is 8.88. The molecule has 1 aliphatic rings. The van der Waals surface area contributed by atoms with Crippen LogP contribution in [0, 0.1) is 12.5 Å². The molecule has 0 spiro atoms. The van der Waals surface area contributed by atoms with Gasteiger partial charge in [-0.1, -0.05) is 29.3 Å². The van der Waals surface area contributed by atoms with Crippen LogP contribution in [0.15, 0.2) is 58.4 Å². The number of allylic oxidation sites excluding steroid dienone is 1. The van der Waals surface area contributed by atoms with Gasteiger partial charge in [0.1, 0.15) is 11.5 Å². The Kier molecular flexibility index (Phi) is 5.36. The molecule has 0 saturated carbocycles. The summed E-state index contributed by atoms with van der Waals surface area (Å²) in [5.41, 5.74) is 2.00. The Hall–Kier alpha value is -2.68. The Bertz CT molecular complexity index is 977. The molecule has 1 unspecified atom stereocenters. The number of ether oxygens (including phenoxy) is 1. The monoisotopic (exact) mass is 385 g/mol. The first-order chi connectivity index (χ1) is 12.4. The number of carbonyl (C=O) groups is 1. The first kappa shape index (κ1) is 18.1. The number of amides is 1. The fourth-order valence-corrected chi connectivity index (χ4v) is 2.81. The molecule has 0 aliphatic carbocycles. The Morgan fingerprint density at radius 2 is 2.00 bits per heavy atom. The van der Waals surface area contributed by atoms with Gasteiger partial charge in [-0.3, -0.25) is 4.79 Å². The second kappa shape index (κ2) is 7.69. The smallest absolute Gasteiger partial charge is 0.271 e. The predicted octanol–water partition coefficient (Wildman–Crippen LogP) is 6.39. The third kappa shape index (κ3) is 4.29. The second-order valence-electron chi connectivity index (χ2n) is 5.79. The minimum atomic E-state index is -0.274. The lowest BCUT2D eigenvalue weighted by atomic mass is 10.0. The zero-order chi connectivity index (χ0) is 18.7. The molecule has 1 amide bonds. The molecule has 7 heteroatoms. The van der Waals surface area contributed by atoms with E-state index in [0.717, 1.165) is 5.56 Å². The van der Waals surface area contributed by atoms with Crippen molar-refractivity contribution in [2.75, 3.05) is 0 Å². The molecule has 5 nitrogen and oxygen atoms in total. The van der Waals surface area contributed by atoms with E-state index in [4.69, 9.17) is 34.5 Å². The van der Waals surface area contributed by atoms with Crippen molar-refractivity contribution < 1.29 is 9.53 Å². The molecule has 130 valence electrons. The van der Waals surface area contributed by atoms with Crippen LogP contribution in [0.5, 0.6) is 11.5 Å². The highest BCUT2D eigenvalue weighted by Crippen LogP contribution is 2.34. The molecule has 0 bridgehead atoms. The Morgan fingerprint density at radius 3 is 2.73 bits per heavy atom. The van der Waals surface area contributed by atoms with Gasteiger partial charge < -0.3 is 4.74 Å². The van der Waals surface area contributed by atoms with Gasteiger partial charge >= 0.3 is 0 Å². The van der Waals surface area contributed by atoms with Gasteiger partial charge in [0.05, 0.1) is 23.2 Å². The first-order valence-electron chi connectivity index (χ1n) is 7.75. The lowest BCUT2D eigenvalue weighted by molar-refractivity contribution is -0.120. The second-order valence-corrected chi connectivity index (χ2v) is 6.63. The molecule has 2 aromatic rings. The van der Waals surface area contributed by atoms with E-state index < -0.39 is 0 Å². The number of hydrogen-bond donors (Lipinski definition) is 0. The van der Waals surface area contributed by atoms with Crippen LogP contribution in [0.1, 0.15) is 12.5 Å². The zero-order valence-electron chi connectivity index (χ0n) is 13.7. The number of nitrogens with zero attached hydrogens (tertiary/aromatic N) is 3. The largest absolute Gasteiger partial charge is 0.457 e. The highest BCUT2D eigenvalue weighted by atomic mass is 35.5. The van der Waals surface area contributed by atoms with Crippen LogP contribution in [0.3, 0.4) is 0 Å². The summed E-state index contributed by atoms with van der Waals surface area (Å²) in [7, 11) is 0. The summed E-state index contributed by atoms with van der Waals surface area (Å²) in [4.78, 5) is 14.8. The highest BCUT2D eigenvalue weighted by molar-refractivity contribution is 6.32. The van der Waals surface area contributed by atoms with Gasteiger partial charge in [0.25, 0.3) is 5.91 Å². The maximum absolute atomic E-state index is 11.4. The van der Waals surface area contributed by atoms with Gasteiger partial charge in [0.15, 0.2) is 5.69 Å². The molecular weight excluding hydrogens is 373 g/mol. The van der Waals surface area contributed by atoms with Gasteiger partial charge in [-0.2, -0.15) is 5.11 Å². The molecule has 0 N–H and O–H groups in total. The van der Waals surface area contributed by atoms with Crippen molar-refractivity contribution in [2.45, 2.75) is 13.3 Å². The molecule has 0 saturated heterocycles. The Labute approximate surface area is 160 Å². The number of rotatable bonds is 4. The Balaban J connectivity index is 1.84. The van der Waals surface area contributed by atoms with Crippen LogP contribution in [0.2, 0.25) is 10.0 Å². The fourth-order valence-electron chi connectivity index (χ4n) is 2.44. The predicted molar refractivity (Wildman–Crippen MR) is 100 cm³/mol. The minimum Gasteiger partial charge on any atom is -0.457 e. The van der Waals surface area contributed by atoms with Crippen molar-refractivity contribution in [3.63, 3.8) is 0 Å². The Morgan fingerprint density at radius 1 is 1.19 bits per heavy atom. The van der Waals surface area contributed by atoms with E-state index >= 15 is 0 Å². The molecule has 0 fully saturated rings. The average molecular weight is 386 g/mol. The van der Waals surface area contributed by atoms with E-state index in [1.807, 2.05) is 6.07 Å². The van der Waals surface area contributed by atoms with E-state index in [-0.39, 0.29) is 11.8 Å². The highest BCUT2D eigenvalue weighted by Gasteiger charge is 2.16. The van der Waals surface area contributed by atoms with Crippen molar-refractivity contribution in [1.82, 2.24) is 0 Å². The summed E-state index contributed by atoms with van der Waals surface area (Å²) in [6, 6.07) is 10.1. The molecule has 2 aromatic carbocycles. The van der Waals surface area contributed by atoms with Gasteiger partial charge in [-0.05, 0) is 48.9 Å². The van der Waals surface area contributed by atoms with Gasteiger partial charge in [0.2, 0.25) is 0 Å². The molecular formula is C19H13Cl2N3O2. The lowest BCUT2D eigenvalue weighted by Gasteiger charge is -2.12. The maximum atomic E-state index is 11.4. The molecule has 1 aliphatic heterocycles. The third-order valence-corrected chi connectivity index (χ3v) is 4.23. The number of azo groups is 1. The molecule has 0 aromatic heterocycles. The van der Waals surface area contributed by atoms with Crippen LogP contribution >= 0.6 is 23.2 Å². The fraction of sp³-hybridized carbons (Fsp3) is 0.158.